The molecule has 3 aromatic rings. The number of aromatic nitrogens is 2. The van der Waals surface area contributed by atoms with Crippen LogP contribution < -0.4 is 5.32 Å². The van der Waals surface area contributed by atoms with Gasteiger partial charge in [0.25, 0.3) is 5.89 Å². The van der Waals surface area contributed by atoms with Crippen LogP contribution in [-0.2, 0) is 0 Å². The SMILES string of the molecule is c1ccc2cc(-c3nc(C4CCCNC4)no3)ccc2c1. The zero-order valence-corrected chi connectivity index (χ0v) is 11.7. The van der Waals surface area contributed by atoms with E-state index in [2.05, 4.69) is 39.7 Å². The topological polar surface area (TPSA) is 51.0 Å². The molecule has 106 valence electrons. The second kappa shape index (κ2) is 5.30. The van der Waals surface area contributed by atoms with Gasteiger partial charge in [0.05, 0.1) is 0 Å². The van der Waals surface area contributed by atoms with Gasteiger partial charge >= 0.3 is 0 Å². The number of rotatable bonds is 2. The molecule has 0 radical (unpaired) electrons. The number of nitrogens with one attached hydrogen (secondary N) is 1. The van der Waals surface area contributed by atoms with E-state index >= 15 is 0 Å². The van der Waals surface area contributed by atoms with E-state index in [4.69, 9.17) is 4.52 Å². The van der Waals surface area contributed by atoms with E-state index in [1.54, 1.807) is 0 Å². The molecule has 0 aliphatic carbocycles. The Balaban J connectivity index is 1.67. The lowest BCUT2D eigenvalue weighted by Crippen LogP contribution is -2.28. The highest BCUT2D eigenvalue weighted by molar-refractivity contribution is 5.86. The van der Waals surface area contributed by atoms with Crippen molar-refractivity contribution in [2.75, 3.05) is 13.1 Å². The van der Waals surface area contributed by atoms with Crippen LogP contribution in [0.25, 0.3) is 22.2 Å². The Morgan fingerprint density at radius 2 is 2.00 bits per heavy atom. The van der Waals surface area contributed by atoms with E-state index in [1.807, 2.05) is 18.2 Å². The lowest BCUT2D eigenvalue weighted by Gasteiger charge is -2.19. The second-order valence-electron chi connectivity index (χ2n) is 5.56. The molecule has 2 aromatic carbocycles. The summed E-state index contributed by atoms with van der Waals surface area (Å²) in [7, 11) is 0. The minimum atomic E-state index is 0.372. The van der Waals surface area contributed by atoms with E-state index in [0.717, 1.165) is 30.9 Å². The molecule has 2 heterocycles. The Kier molecular flexibility index (Phi) is 3.16. The monoisotopic (exact) mass is 279 g/mol. The van der Waals surface area contributed by atoms with Gasteiger partial charge < -0.3 is 9.84 Å². The summed E-state index contributed by atoms with van der Waals surface area (Å²) in [5.41, 5.74) is 0.983. The van der Waals surface area contributed by atoms with Crippen LogP contribution >= 0.6 is 0 Å². The van der Waals surface area contributed by atoms with Crippen LogP contribution in [0.4, 0.5) is 0 Å². The van der Waals surface area contributed by atoms with Crippen LogP contribution in [0.3, 0.4) is 0 Å². The number of benzene rings is 2. The van der Waals surface area contributed by atoms with Gasteiger partial charge in [-0.05, 0) is 42.3 Å². The maximum Gasteiger partial charge on any atom is 0.257 e. The normalized spacial score (nSPS) is 19.0. The summed E-state index contributed by atoms with van der Waals surface area (Å²) >= 11 is 0. The first-order chi connectivity index (χ1) is 10.4. The maximum absolute atomic E-state index is 5.46. The van der Waals surface area contributed by atoms with Crippen molar-refractivity contribution in [1.29, 1.82) is 0 Å². The van der Waals surface area contributed by atoms with Gasteiger partial charge in [-0.25, -0.2) is 0 Å². The number of hydrogen-bond donors (Lipinski definition) is 1. The third kappa shape index (κ3) is 2.43. The van der Waals surface area contributed by atoms with Gasteiger partial charge in [-0.3, -0.25) is 0 Å². The van der Waals surface area contributed by atoms with Crippen molar-refractivity contribution in [2.24, 2.45) is 0 Å². The Labute approximate surface area is 123 Å². The molecule has 4 heteroatoms. The molecule has 1 saturated heterocycles. The number of piperidine rings is 1. The predicted molar refractivity (Wildman–Crippen MR) is 82.1 cm³/mol. The molecular weight excluding hydrogens is 262 g/mol. The van der Waals surface area contributed by atoms with Crippen LogP contribution in [0, 0.1) is 0 Å². The molecule has 1 aliphatic heterocycles. The van der Waals surface area contributed by atoms with Crippen molar-refractivity contribution in [3.63, 3.8) is 0 Å². The fourth-order valence-corrected chi connectivity index (χ4v) is 2.91. The molecule has 0 spiro atoms. The third-order valence-electron chi connectivity index (χ3n) is 4.10. The van der Waals surface area contributed by atoms with Gasteiger partial charge in [0.2, 0.25) is 0 Å². The van der Waals surface area contributed by atoms with Crippen LogP contribution in [-0.4, -0.2) is 23.2 Å². The third-order valence-corrected chi connectivity index (χ3v) is 4.10. The van der Waals surface area contributed by atoms with Gasteiger partial charge in [-0.1, -0.05) is 35.5 Å². The number of hydrogen-bond acceptors (Lipinski definition) is 4. The summed E-state index contributed by atoms with van der Waals surface area (Å²) < 4.78 is 5.46. The zero-order chi connectivity index (χ0) is 14.1. The molecule has 1 fully saturated rings. The molecule has 1 aliphatic rings. The predicted octanol–water partition coefficient (Wildman–Crippen LogP) is 3.36. The van der Waals surface area contributed by atoms with Crippen molar-refractivity contribution < 1.29 is 4.52 Å². The zero-order valence-electron chi connectivity index (χ0n) is 11.7. The number of fused-ring (bicyclic) bond motifs is 1. The van der Waals surface area contributed by atoms with Crippen molar-refractivity contribution in [3.8, 4) is 11.5 Å². The average Bonchev–Trinajstić information content (AvgIpc) is 3.05. The van der Waals surface area contributed by atoms with E-state index in [9.17, 15) is 0 Å². The van der Waals surface area contributed by atoms with Crippen LogP contribution in [0.2, 0.25) is 0 Å². The molecule has 1 atom stereocenters. The largest absolute Gasteiger partial charge is 0.334 e. The fourth-order valence-electron chi connectivity index (χ4n) is 2.91. The number of nitrogens with zero attached hydrogens (tertiary/aromatic N) is 2. The minimum Gasteiger partial charge on any atom is -0.334 e. The second-order valence-corrected chi connectivity index (χ2v) is 5.56. The fraction of sp³-hybridized carbons (Fsp3) is 0.294. The maximum atomic E-state index is 5.46. The summed E-state index contributed by atoms with van der Waals surface area (Å²) in [6.07, 6.45) is 2.30. The Morgan fingerprint density at radius 1 is 1.10 bits per heavy atom. The smallest absolute Gasteiger partial charge is 0.257 e. The van der Waals surface area contributed by atoms with E-state index in [1.165, 1.54) is 17.2 Å². The van der Waals surface area contributed by atoms with Gasteiger partial charge in [0.15, 0.2) is 5.82 Å². The van der Waals surface area contributed by atoms with Gasteiger partial charge in [-0.2, -0.15) is 4.98 Å². The summed E-state index contributed by atoms with van der Waals surface area (Å²) in [5, 5.41) is 9.96. The Bertz CT molecular complexity index is 759. The molecule has 21 heavy (non-hydrogen) atoms. The quantitative estimate of drug-likeness (QED) is 0.781. The minimum absolute atomic E-state index is 0.372. The van der Waals surface area contributed by atoms with Crippen molar-refractivity contribution in [3.05, 3.63) is 48.3 Å². The highest BCUT2D eigenvalue weighted by atomic mass is 16.5. The lowest BCUT2D eigenvalue weighted by atomic mass is 9.99. The highest BCUT2D eigenvalue weighted by Gasteiger charge is 2.21. The van der Waals surface area contributed by atoms with Crippen LogP contribution in [0.1, 0.15) is 24.6 Å². The molecule has 1 aromatic heterocycles. The molecule has 1 unspecified atom stereocenters. The first kappa shape index (κ1) is 12.5. The highest BCUT2D eigenvalue weighted by Crippen LogP contribution is 2.26. The van der Waals surface area contributed by atoms with Crippen molar-refractivity contribution in [1.82, 2.24) is 15.5 Å². The summed E-state index contributed by atoms with van der Waals surface area (Å²) in [4.78, 5) is 4.59. The molecule has 4 nitrogen and oxygen atoms in total. The van der Waals surface area contributed by atoms with Gasteiger partial charge in [0.1, 0.15) is 0 Å². The van der Waals surface area contributed by atoms with E-state index < -0.39 is 0 Å². The van der Waals surface area contributed by atoms with E-state index in [-0.39, 0.29) is 0 Å². The molecule has 0 amide bonds. The average molecular weight is 279 g/mol. The van der Waals surface area contributed by atoms with Crippen molar-refractivity contribution in [2.45, 2.75) is 18.8 Å². The Hall–Kier alpha value is -2.20. The standard InChI is InChI=1S/C17H17N3O/c1-2-5-13-10-14(8-7-12(13)4-1)17-19-16(20-21-17)15-6-3-9-18-11-15/h1-2,4-5,7-8,10,15,18H,3,6,9,11H2. The molecule has 0 bridgehead atoms. The van der Waals surface area contributed by atoms with Crippen LogP contribution in [0.15, 0.2) is 47.0 Å². The van der Waals surface area contributed by atoms with Gasteiger partial charge in [-0.15, -0.1) is 0 Å². The first-order valence-electron chi connectivity index (χ1n) is 7.44. The first-order valence-corrected chi connectivity index (χ1v) is 7.44. The summed E-state index contributed by atoms with van der Waals surface area (Å²) in [6.45, 7) is 2.03. The van der Waals surface area contributed by atoms with E-state index in [0.29, 0.717) is 11.8 Å². The van der Waals surface area contributed by atoms with Crippen LogP contribution in [0.5, 0.6) is 0 Å². The van der Waals surface area contributed by atoms with Crippen molar-refractivity contribution >= 4 is 10.8 Å². The molecule has 0 saturated carbocycles. The molecule has 4 rings (SSSR count). The lowest BCUT2D eigenvalue weighted by molar-refractivity contribution is 0.393. The summed E-state index contributed by atoms with van der Waals surface area (Å²) in [6, 6.07) is 14.5. The van der Waals surface area contributed by atoms with Gasteiger partial charge in [0, 0.05) is 18.0 Å². The Morgan fingerprint density at radius 3 is 2.86 bits per heavy atom. The summed E-state index contributed by atoms with van der Waals surface area (Å²) in [5.74, 6) is 1.81. The molecule has 1 N–H and O–H groups in total. The molecular formula is C17H17N3O.